The van der Waals surface area contributed by atoms with Crippen LogP contribution in [-0.2, 0) is 6.54 Å². The molecule has 0 fully saturated rings. The molecule has 2 aromatic heterocycles. The molecule has 0 unspecified atom stereocenters. The smallest absolute Gasteiger partial charge is 0.165 e. The largest absolute Gasteiger partial charge is 0.392 e. The summed E-state index contributed by atoms with van der Waals surface area (Å²) in [4.78, 5) is 12.0. The van der Waals surface area contributed by atoms with Crippen LogP contribution >= 0.6 is 0 Å². The standard InChI is InChI=1S/C8H11N5O/c1-5(14)2-13-4-12-6-7(9)10-3-11-8(6)13/h3-5,14H,2H2,1H3,(H2,9,10,11)/t5-/m0/s1. The van der Waals surface area contributed by atoms with Gasteiger partial charge in [-0.15, -0.1) is 0 Å². The van der Waals surface area contributed by atoms with Gasteiger partial charge in [0, 0.05) is 0 Å². The van der Waals surface area contributed by atoms with Crippen molar-refractivity contribution in [3.63, 3.8) is 0 Å². The van der Waals surface area contributed by atoms with Crippen molar-refractivity contribution in [1.29, 1.82) is 0 Å². The van der Waals surface area contributed by atoms with E-state index in [0.29, 0.717) is 23.5 Å². The highest BCUT2D eigenvalue weighted by molar-refractivity contribution is 5.81. The van der Waals surface area contributed by atoms with Gasteiger partial charge in [-0.05, 0) is 6.92 Å². The number of nitrogens with zero attached hydrogens (tertiary/aromatic N) is 4. The third-order valence-corrected chi connectivity index (χ3v) is 1.89. The van der Waals surface area contributed by atoms with E-state index >= 15 is 0 Å². The van der Waals surface area contributed by atoms with Crippen molar-refractivity contribution in [3.05, 3.63) is 12.7 Å². The summed E-state index contributed by atoms with van der Waals surface area (Å²) in [5.74, 6) is 0.361. The van der Waals surface area contributed by atoms with Crippen molar-refractivity contribution < 1.29 is 5.11 Å². The third kappa shape index (κ3) is 1.39. The summed E-state index contributed by atoms with van der Waals surface area (Å²) >= 11 is 0. The highest BCUT2D eigenvalue weighted by Gasteiger charge is 2.08. The molecule has 0 saturated heterocycles. The zero-order chi connectivity index (χ0) is 10.1. The number of hydrogen-bond donors (Lipinski definition) is 2. The summed E-state index contributed by atoms with van der Waals surface area (Å²) in [7, 11) is 0. The second-order valence-corrected chi connectivity index (χ2v) is 3.18. The maximum absolute atomic E-state index is 9.23. The van der Waals surface area contributed by atoms with E-state index in [-0.39, 0.29) is 0 Å². The van der Waals surface area contributed by atoms with Crippen LogP contribution in [0.2, 0.25) is 0 Å². The first-order valence-corrected chi connectivity index (χ1v) is 4.28. The van der Waals surface area contributed by atoms with Gasteiger partial charge in [-0.1, -0.05) is 0 Å². The Balaban J connectivity index is 2.52. The average Bonchev–Trinajstić information content (AvgIpc) is 2.49. The molecule has 0 amide bonds. The quantitative estimate of drug-likeness (QED) is 0.688. The van der Waals surface area contributed by atoms with E-state index < -0.39 is 6.10 Å². The Hall–Kier alpha value is -1.69. The number of fused-ring (bicyclic) bond motifs is 1. The molecule has 1 atom stereocenters. The van der Waals surface area contributed by atoms with Crippen LogP contribution in [0.4, 0.5) is 5.82 Å². The first kappa shape index (κ1) is 8.89. The molecule has 14 heavy (non-hydrogen) atoms. The number of hydrogen-bond acceptors (Lipinski definition) is 5. The lowest BCUT2D eigenvalue weighted by molar-refractivity contribution is 0.175. The first-order valence-electron chi connectivity index (χ1n) is 4.28. The molecule has 6 heteroatoms. The molecule has 2 heterocycles. The van der Waals surface area contributed by atoms with Gasteiger partial charge in [0.1, 0.15) is 11.8 Å². The lowest BCUT2D eigenvalue weighted by Gasteiger charge is -2.05. The Kier molecular flexibility index (Phi) is 2.05. The molecule has 0 aromatic carbocycles. The van der Waals surface area contributed by atoms with Crippen molar-refractivity contribution in [2.75, 3.05) is 5.73 Å². The molecule has 2 rings (SSSR count). The zero-order valence-electron chi connectivity index (χ0n) is 7.75. The molecule has 0 spiro atoms. The second-order valence-electron chi connectivity index (χ2n) is 3.18. The van der Waals surface area contributed by atoms with Gasteiger partial charge in [0.2, 0.25) is 0 Å². The van der Waals surface area contributed by atoms with Crippen LogP contribution in [0.15, 0.2) is 12.7 Å². The predicted molar refractivity (Wildman–Crippen MR) is 51.4 cm³/mol. The molecule has 0 aliphatic heterocycles. The fourth-order valence-electron chi connectivity index (χ4n) is 1.32. The van der Waals surface area contributed by atoms with Crippen LogP contribution in [0.1, 0.15) is 6.92 Å². The molecular weight excluding hydrogens is 182 g/mol. The highest BCUT2D eigenvalue weighted by Crippen LogP contribution is 2.14. The van der Waals surface area contributed by atoms with Crippen LogP contribution in [0.3, 0.4) is 0 Å². The molecule has 6 nitrogen and oxygen atoms in total. The predicted octanol–water partition coefficient (Wildman–Crippen LogP) is -0.211. The van der Waals surface area contributed by atoms with Crippen molar-refractivity contribution in [1.82, 2.24) is 19.5 Å². The van der Waals surface area contributed by atoms with Gasteiger partial charge in [0.25, 0.3) is 0 Å². The minimum atomic E-state index is -0.441. The average molecular weight is 193 g/mol. The number of aromatic nitrogens is 4. The maximum Gasteiger partial charge on any atom is 0.165 e. The van der Waals surface area contributed by atoms with Crippen molar-refractivity contribution in [2.24, 2.45) is 0 Å². The van der Waals surface area contributed by atoms with Crippen LogP contribution in [0.25, 0.3) is 11.2 Å². The van der Waals surface area contributed by atoms with E-state index in [9.17, 15) is 5.11 Å². The zero-order valence-corrected chi connectivity index (χ0v) is 7.75. The summed E-state index contributed by atoms with van der Waals surface area (Å²) < 4.78 is 1.75. The Labute approximate surface area is 80.4 Å². The van der Waals surface area contributed by atoms with Crippen molar-refractivity contribution in [3.8, 4) is 0 Å². The van der Waals surface area contributed by atoms with Gasteiger partial charge in [0.05, 0.1) is 19.0 Å². The van der Waals surface area contributed by atoms with E-state index in [1.54, 1.807) is 17.8 Å². The van der Waals surface area contributed by atoms with Crippen molar-refractivity contribution in [2.45, 2.75) is 19.6 Å². The summed E-state index contributed by atoms with van der Waals surface area (Å²) in [6.07, 6.45) is 2.55. The lowest BCUT2D eigenvalue weighted by Crippen LogP contribution is -2.11. The third-order valence-electron chi connectivity index (χ3n) is 1.89. The topological polar surface area (TPSA) is 89.8 Å². The normalized spacial score (nSPS) is 13.3. The number of rotatable bonds is 2. The SMILES string of the molecule is C[C@H](O)Cn1cnc2c(N)ncnc21. The fourth-order valence-corrected chi connectivity index (χ4v) is 1.32. The van der Waals surface area contributed by atoms with Gasteiger partial charge in [-0.3, -0.25) is 0 Å². The maximum atomic E-state index is 9.23. The van der Waals surface area contributed by atoms with E-state index in [0.717, 1.165) is 0 Å². The van der Waals surface area contributed by atoms with E-state index in [2.05, 4.69) is 15.0 Å². The van der Waals surface area contributed by atoms with E-state index in [1.165, 1.54) is 6.33 Å². The minimum Gasteiger partial charge on any atom is -0.392 e. The number of imidazole rings is 1. The Morgan fingerprint density at radius 3 is 3.00 bits per heavy atom. The molecular formula is C8H11N5O. The van der Waals surface area contributed by atoms with Crippen LogP contribution < -0.4 is 5.73 Å². The van der Waals surface area contributed by atoms with E-state index in [1.807, 2.05) is 0 Å². The first-order chi connectivity index (χ1) is 6.68. The van der Waals surface area contributed by atoms with Gasteiger partial charge in [-0.2, -0.15) is 0 Å². The number of nitrogen functional groups attached to an aromatic ring is 1. The Morgan fingerprint density at radius 1 is 1.50 bits per heavy atom. The monoisotopic (exact) mass is 193 g/mol. The molecule has 74 valence electrons. The molecule has 0 bridgehead atoms. The highest BCUT2D eigenvalue weighted by atomic mass is 16.3. The molecule has 0 saturated carbocycles. The van der Waals surface area contributed by atoms with Crippen LogP contribution in [-0.4, -0.2) is 30.7 Å². The summed E-state index contributed by atoms with van der Waals surface area (Å²) in [5, 5.41) is 9.23. The summed E-state index contributed by atoms with van der Waals surface area (Å²) in [6, 6.07) is 0. The molecule has 0 radical (unpaired) electrons. The lowest BCUT2D eigenvalue weighted by atomic mass is 10.4. The van der Waals surface area contributed by atoms with Gasteiger partial charge >= 0.3 is 0 Å². The van der Waals surface area contributed by atoms with E-state index in [4.69, 9.17) is 5.73 Å². The molecule has 0 aliphatic carbocycles. The molecule has 0 aliphatic rings. The second kappa shape index (κ2) is 3.22. The fraction of sp³-hybridized carbons (Fsp3) is 0.375. The van der Waals surface area contributed by atoms with Gasteiger partial charge in [-0.25, -0.2) is 15.0 Å². The van der Waals surface area contributed by atoms with Crippen molar-refractivity contribution >= 4 is 17.0 Å². The molecule has 3 N–H and O–H groups in total. The number of aliphatic hydroxyl groups is 1. The van der Waals surface area contributed by atoms with Gasteiger partial charge in [0.15, 0.2) is 11.5 Å². The minimum absolute atomic E-state index is 0.361. The number of anilines is 1. The Morgan fingerprint density at radius 2 is 2.29 bits per heavy atom. The van der Waals surface area contributed by atoms with Crippen LogP contribution in [0.5, 0.6) is 0 Å². The summed E-state index contributed by atoms with van der Waals surface area (Å²) in [6.45, 7) is 2.16. The van der Waals surface area contributed by atoms with Gasteiger partial charge < -0.3 is 15.4 Å². The number of aliphatic hydroxyl groups excluding tert-OH is 1. The summed E-state index contributed by atoms with van der Waals surface area (Å²) in [5.41, 5.74) is 6.84. The number of nitrogens with two attached hydrogens (primary N) is 1. The van der Waals surface area contributed by atoms with Crippen LogP contribution in [0, 0.1) is 0 Å². The Bertz CT molecular complexity index is 450. The molecule has 2 aromatic rings.